The first-order valence-corrected chi connectivity index (χ1v) is 6.68. The van der Waals surface area contributed by atoms with Crippen molar-refractivity contribution in [2.75, 3.05) is 25.2 Å². The second kappa shape index (κ2) is 5.34. The second-order valence-corrected chi connectivity index (χ2v) is 5.05. The number of hydrogen-bond donors (Lipinski definition) is 1. The molecule has 0 amide bonds. The molecule has 1 aliphatic heterocycles. The first-order chi connectivity index (χ1) is 9.74. The van der Waals surface area contributed by atoms with Crippen LogP contribution < -0.4 is 4.90 Å². The van der Waals surface area contributed by atoms with Gasteiger partial charge in [0.25, 0.3) is 0 Å². The molecule has 0 unspecified atom stereocenters. The third-order valence-electron chi connectivity index (χ3n) is 3.93. The van der Waals surface area contributed by atoms with Crippen LogP contribution in [0.1, 0.15) is 6.42 Å². The van der Waals surface area contributed by atoms with Crippen LogP contribution in [-0.2, 0) is 4.74 Å². The van der Waals surface area contributed by atoms with Gasteiger partial charge in [0.2, 0.25) is 0 Å². The summed E-state index contributed by atoms with van der Waals surface area (Å²) >= 11 is 0. The van der Waals surface area contributed by atoms with Gasteiger partial charge in [0, 0.05) is 30.9 Å². The van der Waals surface area contributed by atoms with Gasteiger partial charge < -0.3 is 14.7 Å². The van der Waals surface area contributed by atoms with Crippen molar-refractivity contribution < 1.29 is 14.2 Å². The number of para-hydroxylation sites is 1. The van der Waals surface area contributed by atoms with Crippen molar-refractivity contribution in [3.05, 3.63) is 36.3 Å². The molecule has 3 rings (SSSR count). The molecule has 2 heterocycles. The molecule has 0 bridgehead atoms. The normalized spacial score (nSPS) is 22.6. The number of pyridine rings is 1. The Labute approximate surface area is 116 Å². The van der Waals surface area contributed by atoms with Crippen LogP contribution in [0.5, 0.6) is 0 Å². The average molecular weight is 276 g/mol. The van der Waals surface area contributed by atoms with Crippen molar-refractivity contribution in [2.24, 2.45) is 0 Å². The first kappa shape index (κ1) is 13.3. The highest BCUT2D eigenvalue weighted by atomic mass is 19.1. The van der Waals surface area contributed by atoms with Gasteiger partial charge in [-0.3, -0.25) is 4.98 Å². The number of nitrogens with zero attached hydrogens (tertiary/aromatic N) is 2. The molecule has 0 spiro atoms. The van der Waals surface area contributed by atoms with Gasteiger partial charge in [-0.15, -0.1) is 0 Å². The maximum atomic E-state index is 13.8. The van der Waals surface area contributed by atoms with E-state index >= 15 is 0 Å². The molecule has 1 aromatic heterocycles. The van der Waals surface area contributed by atoms with Gasteiger partial charge in [-0.1, -0.05) is 12.1 Å². The zero-order valence-electron chi connectivity index (χ0n) is 11.3. The summed E-state index contributed by atoms with van der Waals surface area (Å²) in [6.07, 6.45) is 2.46. The molecule has 1 saturated heterocycles. The molecule has 1 aliphatic rings. The number of aliphatic hydroxyl groups excluding tert-OH is 1. The van der Waals surface area contributed by atoms with Gasteiger partial charge in [0.05, 0.1) is 18.8 Å². The fourth-order valence-corrected chi connectivity index (χ4v) is 2.89. The first-order valence-electron chi connectivity index (χ1n) is 6.68. The lowest BCUT2D eigenvalue weighted by molar-refractivity contribution is 0.115. The fraction of sp³-hybridized carbons (Fsp3) is 0.400. The SMILES string of the molecule is CO[C@H]1C[C@@H](CO)N(c2ccnc3c(F)cccc23)C1. The maximum Gasteiger partial charge on any atom is 0.149 e. The Bertz CT molecular complexity index is 620. The summed E-state index contributed by atoms with van der Waals surface area (Å²) in [5.41, 5.74) is 1.26. The Morgan fingerprint density at radius 2 is 2.30 bits per heavy atom. The van der Waals surface area contributed by atoms with Gasteiger partial charge >= 0.3 is 0 Å². The standard InChI is InChI=1S/C15H17FN2O2/c1-20-11-7-10(9-19)18(8-11)14-5-6-17-15-12(14)3-2-4-13(15)16/h2-6,10-11,19H,7-9H2,1H3/t10-,11-/m0/s1. The third-order valence-corrected chi connectivity index (χ3v) is 3.93. The Balaban J connectivity index is 2.08. The van der Waals surface area contributed by atoms with Gasteiger partial charge in [0.15, 0.2) is 0 Å². The molecule has 0 aliphatic carbocycles. The predicted molar refractivity (Wildman–Crippen MR) is 75.3 cm³/mol. The van der Waals surface area contributed by atoms with E-state index < -0.39 is 0 Å². The summed E-state index contributed by atoms with van der Waals surface area (Å²) in [5, 5.41) is 10.3. The molecule has 20 heavy (non-hydrogen) atoms. The number of benzene rings is 1. The lowest BCUT2D eigenvalue weighted by Gasteiger charge is -2.26. The molecule has 2 aromatic rings. The van der Waals surface area contributed by atoms with Crippen LogP contribution in [0.2, 0.25) is 0 Å². The molecular weight excluding hydrogens is 259 g/mol. The number of aliphatic hydroxyl groups is 1. The number of anilines is 1. The van der Waals surface area contributed by atoms with Gasteiger partial charge in [-0.2, -0.15) is 0 Å². The van der Waals surface area contributed by atoms with E-state index in [1.165, 1.54) is 6.07 Å². The molecule has 0 saturated carbocycles. The average Bonchev–Trinajstić information content (AvgIpc) is 2.90. The molecule has 1 fully saturated rings. The van der Waals surface area contributed by atoms with E-state index in [0.717, 1.165) is 17.5 Å². The quantitative estimate of drug-likeness (QED) is 0.931. The van der Waals surface area contributed by atoms with Crippen LogP contribution in [0.3, 0.4) is 0 Å². The lowest BCUT2D eigenvalue weighted by atomic mass is 10.1. The zero-order valence-corrected chi connectivity index (χ0v) is 11.3. The van der Waals surface area contributed by atoms with E-state index in [2.05, 4.69) is 9.88 Å². The summed E-state index contributed by atoms with van der Waals surface area (Å²) in [6.45, 7) is 0.746. The monoisotopic (exact) mass is 276 g/mol. The zero-order chi connectivity index (χ0) is 14.1. The number of fused-ring (bicyclic) bond motifs is 1. The highest BCUT2D eigenvalue weighted by Crippen LogP contribution is 2.32. The number of ether oxygens (including phenoxy) is 1. The molecule has 1 N–H and O–H groups in total. The fourth-order valence-electron chi connectivity index (χ4n) is 2.89. The highest BCUT2D eigenvalue weighted by Gasteiger charge is 2.32. The maximum absolute atomic E-state index is 13.8. The minimum absolute atomic E-state index is 0.00572. The third kappa shape index (κ3) is 2.13. The van der Waals surface area contributed by atoms with Crippen LogP contribution in [0, 0.1) is 5.82 Å². The highest BCUT2D eigenvalue weighted by molar-refractivity contribution is 5.92. The minimum atomic E-state index is -0.326. The number of rotatable bonds is 3. The molecule has 1 aromatic carbocycles. The van der Waals surface area contributed by atoms with E-state index in [9.17, 15) is 9.50 Å². The summed E-state index contributed by atoms with van der Waals surface area (Å²) in [4.78, 5) is 6.19. The van der Waals surface area contributed by atoms with Crippen molar-refractivity contribution in [2.45, 2.75) is 18.6 Å². The van der Waals surface area contributed by atoms with Gasteiger partial charge in [0.1, 0.15) is 11.3 Å². The Morgan fingerprint density at radius 1 is 1.45 bits per heavy atom. The number of methoxy groups -OCH3 is 1. The van der Waals surface area contributed by atoms with Gasteiger partial charge in [-0.05, 0) is 18.6 Å². The molecular formula is C15H17FN2O2. The van der Waals surface area contributed by atoms with E-state index in [1.54, 1.807) is 19.4 Å². The lowest BCUT2D eigenvalue weighted by Crippen LogP contribution is -2.32. The minimum Gasteiger partial charge on any atom is -0.394 e. The topological polar surface area (TPSA) is 45.6 Å². The molecule has 106 valence electrons. The van der Waals surface area contributed by atoms with Crippen molar-refractivity contribution in [1.29, 1.82) is 0 Å². The van der Waals surface area contributed by atoms with Crippen molar-refractivity contribution >= 4 is 16.6 Å². The van der Waals surface area contributed by atoms with Crippen LogP contribution in [0.15, 0.2) is 30.5 Å². The molecule has 0 radical (unpaired) electrons. The molecule has 4 nitrogen and oxygen atoms in total. The smallest absolute Gasteiger partial charge is 0.149 e. The number of halogens is 1. The Kier molecular flexibility index (Phi) is 3.54. The van der Waals surface area contributed by atoms with E-state index in [4.69, 9.17) is 4.74 Å². The largest absolute Gasteiger partial charge is 0.394 e. The van der Waals surface area contributed by atoms with E-state index in [0.29, 0.717) is 12.1 Å². The molecule has 2 atom stereocenters. The van der Waals surface area contributed by atoms with Crippen molar-refractivity contribution in [3.8, 4) is 0 Å². The van der Waals surface area contributed by atoms with Crippen LogP contribution >= 0.6 is 0 Å². The summed E-state index contributed by atoms with van der Waals surface area (Å²) in [7, 11) is 1.67. The van der Waals surface area contributed by atoms with Crippen molar-refractivity contribution in [3.63, 3.8) is 0 Å². The van der Waals surface area contributed by atoms with Crippen LogP contribution in [0.4, 0.5) is 10.1 Å². The van der Waals surface area contributed by atoms with Crippen LogP contribution in [-0.4, -0.2) is 42.5 Å². The summed E-state index contributed by atoms with van der Waals surface area (Å²) in [5.74, 6) is -0.326. The number of aromatic nitrogens is 1. The predicted octanol–water partition coefficient (Wildman–Crippen LogP) is 1.96. The summed E-state index contributed by atoms with van der Waals surface area (Å²) < 4.78 is 19.2. The van der Waals surface area contributed by atoms with E-state index in [-0.39, 0.29) is 24.6 Å². The van der Waals surface area contributed by atoms with Crippen LogP contribution in [0.25, 0.3) is 10.9 Å². The van der Waals surface area contributed by atoms with Crippen molar-refractivity contribution in [1.82, 2.24) is 4.98 Å². The number of hydrogen-bond acceptors (Lipinski definition) is 4. The Morgan fingerprint density at radius 3 is 3.05 bits per heavy atom. The second-order valence-electron chi connectivity index (χ2n) is 5.05. The van der Waals surface area contributed by atoms with Gasteiger partial charge in [-0.25, -0.2) is 4.39 Å². The summed E-state index contributed by atoms with van der Waals surface area (Å²) in [6, 6.07) is 6.80. The van der Waals surface area contributed by atoms with E-state index in [1.807, 2.05) is 12.1 Å². The Hall–Kier alpha value is -1.72. The molecule has 5 heteroatoms.